The molecule has 42 heavy (non-hydrogen) atoms. The van der Waals surface area contributed by atoms with E-state index < -0.39 is 85.2 Å². The molecule has 240 valence electrons. The third kappa shape index (κ3) is 8.22. The molecule has 0 saturated carbocycles. The van der Waals surface area contributed by atoms with Gasteiger partial charge in [-0.3, -0.25) is 9.59 Å². The Kier molecular flexibility index (Phi) is 12.4. The van der Waals surface area contributed by atoms with E-state index in [4.69, 9.17) is 28.9 Å². The van der Waals surface area contributed by atoms with Gasteiger partial charge >= 0.3 is 11.9 Å². The van der Waals surface area contributed by atoms with Crippen LogP contribution in [0.4, 0.5) is 0 Å². The first-order valence-corrected chi connectivity index (χ1v) is 12.8. The molecule has 19 heteroatoms. The van der Waals surface area contributed by atoms with Crippen molar-refractivity contribution in [2.24, 2.45) is 5.28 Å². The molecule has 2 aliphatic rings. The molecular formula is C23H39N5O14. The summed E-state index contributed by atoms with van der Waals surface area (Å²) < 4.78 is 27.0. The lowest BCUT2D eigenvalue weighted by molar-refractivity contribution is -0.703. The molecule has 4 unspecified atom stereocenters. The number of nitrogens with one attached hydrogen (secondary N) is 2. The highest BCUT2D eigenvalue weighted by Gasteiger charge is 2.60. The molecule has 2 fully saturated rings. The average molecular weight is 610 g/mol. The molecule has 0 aromatic rings. The van der Waals surface area contributed by atoms with E-state index in [1.54, 1.807) is 0 Å². The van der Waals surface area contributed by atoms with Gasteiger partial charge in [-0.2, -0.15) is 0 Å². The van der Waals surface area contributed by atoms with Crippen LogP contribution in [0.5, 0.6) is 0 Å². The van der Waals surface area contributed by atoms with Gasteiger partial charge in [-0.1, -0.05) is 6.58 Å². The number of hydrazine groups is 1. The number of nitrogens with zero attached hydrogens (tertiary/aromatic N) is 3. The molecule has 19 nitrogen and oxygen atoms in total. The second-order valence-electron chi connectivity index (χ2n) is 9.88. The number of amides is 2. The van der Waals surface area contributed by atoms with Crippen molar-refractivity contribution in [1.29, 1.82) is 0 Å². The van der Waals surface area contributed by atoms with Crippen molar-refractivity contribution in [2.45, 2.75) is 81.6 Å². The van der Waals surface area contributed by atoms with Crippen LogP contribution in [0.3, 0.4) is 0 Å². The number of methoxy groups -OCH3 is 1. The van der Waals surface area contributed by atoms with Crippen LogP contribution in [0.1, 0.15) is 20.8 Å². The van der Waals surface area contributed by atoms with Crippen LogP contribution in [-0.4, -0.2) is 148 Å². The van der Waals surface area contributed by atoms with Gasteiger partial charge in [-0.25, -0.2) is 4.79 Å². The fourth-order valence-corrected chi connectivity index (χ4v) is 4.37. The van der Waals surface area contributed by atoms with Gasteiger partial charge in [0.25, 0.3) is 5.91 Å². The molecular weight excluding hydrogens is 570 g/mol. The Bertz CT molecular complexity index is 1020. The summed E-state index contributed by atoms with van der Waals surface area (Å²) >= 11 is 0. The zero-order valence-electron chi connectivity index (χ0n) is 23.8. The Morgan fingerprint density at radius 2 is 1.83 bits per heavy atom. The van der Waals surface area contributed by atoms with Crippen LogP contribution in [0, 0.1) is 5.21 Å². The maximum Gasteiger partial charge on any atom is 0.333 e. The van der Waals surface area contributed by atoms with Gasteiger partial charge in [0.05, 0.1) is 30.7 Å². The van der Waals surface area contributed by atoms with Crippen LogP contribution in [0.25, 0.3) is 0 Å². The monoisotopic (exact) mass is 609 g/mol. The Hall–Kier alpha value is -3.17. The molecule has 7 N–H and O–H groups in total. The number of aliphatic hydroxyl groups excluding tert-OH is 3. The van der Waals surface area contributed by atoms with Gasteiger partial charge in [0.15, 0.2) is 12.2 Å². The summed E-state index contributed by atoms with van der Waals surface area (Å²) in [5, 5.41) is 71.9. The molecule has 2 aliphatic heterocycles. The van der Waals surface area contributed by atoms with E-state index in [-0.39, 0.29) is 23.6 Å². The molecule has 0 bridgehead atoms. The summed E-state index contributed by atoms with van der Waals surface area (Å²) in [5.41, 5.74) is 0.0803. The Labute approximate surface area is 240 Å². The molecule has 0 radical (unpaired) electrons. The molecule has 0 spiro atoms. The second-order valence-corrected chi connectivity index (χ2v) is 9.88. The number of likely N-dealkylation sites (N-methyl/N-ethyl adjacent to an activating group) is 1. The summed E-state index contributed by atoms with van der Waals surface area (Å²) in [6.07, 6.45) is -13.1. The van der Waals surface area contributed by atoms with E-state index in [9.17, 15) is 40.0 Å². The quantitative estimate of drug-likeness (QED) is 0.0280. The Morgan fingerprint density at radius 3 is 2.38 bits per heavy atom. The number of hydrogen-bond donors (Lipinski definition) is 7. The molecule has 0 aromatic carbocycles. The average Bonchev–Trinajstić information content (AvgIpc) is 2.93. The Morgan fingerprint density at radius 1 is 1.19 bits per heavy atom. The first-order chi connectivity index (χ1) is 19.6. The molecule has 10 atom stereocenters. The highest BCUT2D eigenvalue weighted by molar-refractivity contribution is 5.86. The van der Waals surface area contributed by atoms with Crippen LogP contribution < -0.4 is 10.6 Å². The lowest BCUT2D eigenvalue weighted by Gasteiger charge is -2.50. The topological polar surface area (TPSA) is 264 Å². The number of carbonyl (C=O) groups is 3. The van der Waals surface area contributed by atoms with Crippen LogP contribution in [0.15, 0.2) is 17.4 Å². The molecule has 2 rings (SSSR count). The minimum Gasteiger partial charge on any atom is -0.569 e. The first kappa shape index (κ1) is 35.0. The zero-order chi connectivity index (χ0) is 31.9. The Balaban J connectivity index is 2.31. The fourth-order valence-electron chi connectivity index (χ4n) is 4.37. The number of rotatable bonds is 12. The van der Waals surface area contributed by atoms with Crippen LogP contribution >= 0.6 is 0 Å². The van der Waals surface area contributed by atoms with Crippen LogP contribution in [-0.2, 0) is 38.1 Å². The maximum atomic E-state index is 13.0. The predicted molar refractivity (Wildman–Crippen MR) is 135 cm³/mol. The third-order valence-electron chi connectivity index (χ3n) is 6.63. The summed E-state index contributed by atoms with van der Waals surface area (Å²) in [6.45, 7) is 6.71. The SMILES string of the molecule is C=C(C)C(=O)OCC1O[C@@H](C)C(NC(C)=O)[C@@H](O[C@]2(O)OC(C(=O)NCCN(C)/[N+]([O-])=N/O)[C@@H](OC)[C@H](O)C2O)[C@@H]1O. The van der Waals surface area contributed by atoms with Crippen molar-refractivity contribution in [2.75, 3.05) is 33.9 Å². The van der Waals surface area contributed by atoms with Gasteiger partial charge in [0, 0.05) is 26.2 Å². The lowest BCUT2D eigenvalue weighted by Crippen LogP contribution is -2.72. The van der Waals surface area contributed by atoms with E-state index >= 15 is 0 Å². The second kappa shape index (κ2) is 14.8. The van der Waals surface area contributed by atoms with Crippen molar-refractivity contribution in [3.63, 3.8) is 0 Å². The highest BCUT2D eigenvalue weighted by Crippen LogP contribution is 2.35. The molecule has 0 aliphatic carbocycles. The number of aliphatic hydroxyl groups is 4. The number of esters is 1. The van der Waals surface area contributed by atoms with Gasteiger partial charge in [0.2, 0.25) is 11.2 Å². The standard InChI is InChI=1S/C23H39N5O14/c1-10(2)22(34)39-9-13-15(30)17(14(11(3)40-13)25-12(4)29)41-23(35)20(32)16(31)18(38-6)19(42-23)21(33)24-7-8-27(5)28(37)26-36/h11,13-20,30-32,35-36H,1,7-9H2,2-6H3,(H,24,33)(H,25,29)/b28-26-/t11-,13?,14?,15+,16-,17+,18-,19?,20?,23-/m0/s1. The van der Waals surface area contributed by atoms with Crippen molar-refractivity contribution in [3.8, 4) is 0 Å². The van der Waals surface area contributed by atoms with E-state index in [2.05, 4.69) is 22.5 Å². The van der Waals surface area contributed by atoms with Gasteiger partial charge < -0.3 is 65.2 Å². The minimum atomic E-state index is -3.16. The largest absolute Gasteiger partial charge is 0.569 e. The smallest absolute Gasteiger partial charge is 0.333 e. The predicted octanol–water partition coefficient (Wildman–Crippen LogP) is -3.76. The normalized spacial score (nSPS) is 35.2. The van der Waals surface area contributed by atoms with Crippen molar-refractivity contribution >= 4 is 17.8 Å². The number of carbonyl (C=O) groups excluding carboxylic acids is 3. The van der Waals surface area contributed by atoms with E-state index in [1.165, 1.54) is 27.8 Å². The highest BCUT2D eigenvalue weighted by atomic mass is 16.8. The van der Waals surface area contributed by atoms with Gasteiger partial charge in [-0.15, -0.1) is 5.01 Å². The molecule has 2 amide bonds. The van der Waals surface area contributed by atoms with Crippen LogP contribution in [0.2, 0.25) is 0 Å². The minimum absolute atomic E-state index is 0.0803. The van der Waals surface area contributed by atoms with E-state index in [0.717, 1.165) is 12.1 Å². The number of ether oxygens (including phenoxy) is 5. The molecule has 2 saturated heterocycles. The van der Waals surface area contributed by atoms with Gasteiger partial charge in [-0.05, 0) is 13.8 Å². The fraction of sp³-hybridized carbons (Fsp3) is 0.783. The molecule has 2 heterocycles. The summed E-state index contributed by atoms with van der Waals surface area (Å²) in [7, 11) is 2.37. The van der Waals surface area contributed by atoms with E-state index in [1.807, 2.05) is 0 Å². The molecule has 0 aromatic heterocycles. The van der Waals surface area contributed by atoms with E-state index in [0.29, 0.717) is 0 Å². The van der Waals surface area contributed by atoms with Crippen molar-refractivity contribution in [3.05, 3.63) is 17.4 Å². The zero-order valence-corrected chi connectivity index (χ0v) is 23.8. The summed E-state index contributed by atoms with van der Waals surface area (Å²) in [5.74, 6) is -5.47. The lowest BCUT2D eigenvalue weighted by atomic mass is 9.92. The first-order valence-electron chi connectivity index (χ1n) is 12.8. The third-order valence-corrected chi connectivity index (χ3v) is 6.63. The summed E-state index contributed by atoms with van der Waals surface area (Å²) in [6, 6.07) is -1.17. The summed E-state index contributed by atoms with van der Waals surface area (Å²) in [4.78, 5) is 36.6. The number of hydrogen-bond acceptors (Lipinski definition) is 14. The maximum absolute atomic E-state index is 13.0. The van der Waals surface area contributed by atoms with Crippen molar-refractivity contribution < 1.29 is 68.7 Å². The van der Waals surface area contributed by atoms with Crippen molar-refractivity contribution in [1.82, 2.24) is 15.6 Å². The van der Waals surface area contributed by atoms with Gasteiger partial charge in [0.1, 0.15) is 37.1 Å².